The van der Waals surface area contributed by atoms with Gasteiger partial charge in [0.05, 0.1) is 15.8 Å². The number of nitrogen functional groups attached to an aromatic ring is 1. The Morgan fingerprint density at radius 3 is 2.77 bits per heavy atom. The number of nitrogens with two attached hydrogens (primary N) is 1. The van der Waals surface area contributed by atoms with Gasteiger partial charge in [0.1, 0.15) is 0 Å². The van der Waals surface area contributed by atoms with Crippen LogP contribution in [-0.4, -0.2) is 27.3 Å². The summed E-state index contributed by atoms with van der Waals surface area (Å²) in [5.74, 6) is -0.00596. The van der Waals surface area contributed by atoms with Crippen LogP contribution in [0.15, 0.2) is 42.7 Å². The Kier molecular flexibility index (Phi) is 4.02. The summed E-state index contributed by atoms with van der Waals surface area (Å²) >= 11 is 1.35. The van der Waals surface area contributed by atoms with Gasteiger partial charge in [-0.15, -0.1) is 0 Å². The molecule has 5 nitrogen and oxygen atoms in total. The van der Waals surface area contributed by atoms with Crippen molar-refractivity contribution in [3.05, 3.63) is 53.9 Å². The number of amides is 1. The fourth-order valence-corrected chi connectivity index (χ4v) is 3.18. The van der Waals surface area contributed by atoms with E-state index < -0.39 is 0 Å². The Morgan fingerprint density at radius 1 is 1.27 bits per heavy atom. The van der Waals surface area contributed by atoms with E-state index in [0.717, 1.165) is 15.8 Å². The largest absolute Gasteiger partial charge is 0.375 e. The third kappa shape index (κ3) is 2.78. The van der Waals surface area contributed by atoms with Gasteiger partial charge in [0.2, 0.25) is 0 Å². The van der Waals surface area contributed by atoms with Gasteiger partial charge in [-0.05, 0) is 36.8 Å². The molecule has 0 spiro atoms. The van der Waals surface area contributed by atoms with Gasteiger partial charge in [0.25, 0.3) is 5.91 Å². The Hall–Kier alpha value is -2.47. The van der Waals surface area contributed by atoms with Crippen LogP contribution < -0.4 is 5.73 Å². The molecule has 0 saturated carbocycles. The van der Waals surface area contributed by atoms with E-state index >= 15 is 0 Å². The van der Waals surface area contributed by atoms with Gasteiger partial charge >= 0.3 is 0 Å². The molecule has 0 saturated heterocycles. The quantitative estimate of drug-likeness (QED) is 0.804. The van der Waals surface area contributed by atoms with E-state index in [0.29, 0.717) is 23.8 Å². The van der Waals surface area contributed by atoms with E-state index in [1.165, 1.54) is 11.3 Å². The lowest BCUT2D eigenvalue weighted by atomic mass is 10.1. The number of carbonyl (C=O) groups excluding carboxylic acids is 1. The summed E-state index contributed by atoms with van der Waals surface area (Å²) in [6.07, 6.45) is 3.47. The number of carbonyl (C=O) groups is 1. The Balaban J connectivity index is 1.93. The molecule has 112 valence electrons. The molecule has 0 aliphatic rings. The van der Waals surface area contributed by atoms with Crippen LogP contribution in [0, 0.1) is 0 Å². The molecule has 6 heteroatoms. The van der Waals surface area contributed by atoms with Gasteiger partial charge in [-0.25, -0.2) is 4.98 Å². The van der Waals surface area contributed by atoms with Gasteiger partial charge < -0.3 is 10.6 Å². The number of thiazole rings is 1. The zero-order valence-corrected chi connectivity index (χ0v) is 13.0. The van der Waals surface area contributed by atoms with Gasteiger partial charge in [0.15, 0.2) is 5.13 Å². The van der Waals surface area contributed by atoms with E-state index in [4.69, 9.17) is 5.73 Å². The minimum atomic E-state index is -0.00596. The Labute approximate surface area is 132 Å². The van der Waals surface area contributed by atoms with Crippen LogP contribution in [0.25, 0.3) is 10.2 Å². The van der Waals surface area contributed by atoms with E-state index in [-0.39, 0.29) is 5.91 Å². The van der Waals surface area contributed by atoms with E-state index in [1.807, 2.05) is 37.3 Å². The first-order chi connectivity index (χ1) is 10.7. The maximum atomic E-state index is 12.9. The van der Waals surface area contributed by atoms with Gasteiger partial charge in [-0.1, -0.05) is 17.4 Å². The fourth-order valence-electron chi connectivity index (χ4n) is 2.34. The minimum Gasteiger partial charge on any atom is -0.375 e. The summed E-state index contributed by atoms with van der Waals surface area (Å²) in [4.78, 5) is 22.9. The van der Waals surface area contributed by atoms with Gasteiger partial charge in [0, 0.05) is 25.5 Å². The van der Waals surface area contributed by atoms with Crippen molar-refractivity contribution in [3.63, 3.8) is 0 Å². The molecule has 0 aliphatic carbocycles. The summed E-state index contributed by atoms with van der Waals surface area (Å²) in [6, 6.07) is 9.38. The molecule has 0 fully saturated rings. The first kappa shape index (κ1) is 14.5. The second kappa shape index (κ2) is 6.11. The minimum absolute atomic E-state index is 0.00596. The lowest BCUT2D eigenvalue weighted by Crippen LogP contribution is -2.30. The van der Waals surface area contributed by atoms with Crippen molar-refractivity contribution in [1.29, 1.82) is 0 Å². The first-order valence-electron chi connectivity index (χ1n) is 7.02. The van der Waals surface area contributed by atoms with Crippen molar-refractivity contribution >= 4 is 32.6 Å². The molecule has 3 rings (SSSR count). The summed E-state index contributed by atoms with van der Waals surface area (Å²) < 4.78 is 0.846. The summed E-state index contributed by atoms with van der Waals surface area (Å²) in [5, 5.41) is 0.479. The second-order valence-electron chi connectivity index (χ2n) is 4.88. The molecule has 0 radical (unpaired) electrons. The molecule has 2 N–H and O–H groups in total. The number of nitrogens with zero attached hydrogens (tertiary/aromatic N) is 3. The molecule has 1 aromatic carbocycles. The Morgan fingerprint density at radius 2 is 2.05 bits per heavy atom. The average Bonchev–Trinajstić information content (AvgIpc) is 2.93. The van der Waals surface area contributed by atoms with Crippen molar-refractivity contribution in [3.8, 4) is 0 Å². The van der Waals surface area contributed by atoms with Crippen molar-refractivity contribution < 1.29 is 4.79 Å². The van der Waals surface area contributed by atoms with Crippen molar-refractivity contribution in [1.82, 2.24) is 14.9 Å². The maximum Gasteiger partial charge on any atom is 0.255 e. The van der Waals surface area contributed by atoms with Crippen LogP contribution in [0.3, 0.4) is 0 Å². The predicted octanol–water partition coefficient (Wildman–Crippen LogP) is 2.94. The van der Waals surface area contributed by atoms with Crippen LogP contribution in [0.5, 0.6) is 0 Å². The standard InChI is InChI=1S/C16H16N4OS/c1-2-20(10-11-6-8-18-9-7-11)15(21)12-4-3-5-13-14(12)22-16(17)19-13/h3-9H,2,10H2,1H3,(H2,17,19). The van der Waals surface area contributed by atoms with Crippen molar-refractivity contribution in [2.75, 3.05) is 12.3 Å². The molecule has 0 aliphatic heterocycles. The number of fused-ring (bicyclic) bond motifs is 1. The monoisotopic (exact) mass is 312 g/mol. The second-order valence-corrected chi connectivity index (χ2v) is 5.91. The molecular weight excluding hydrogens is 296 g/mol. The average molecular weight is 312 g/mol. The van der Waals surface area contributed by atoms with Gasteiger partial charge in [-0.2, -0.15) is 0 Å². The highest BCUT2D eigenvalue weighted by Crippen LogP contribution is 2.28. The molecule has 0 atom stereocenters. The third-order valence-electron chi connectivity index (χ3n) is 3.45. The first-order valence-corrected chi connectivity index (χ1v) is 7.84. The third-order valence-corrected chi connectivity index (χ3v) is 4.39. The number of rotatable bonds is 4. The van der Waals surface area contributed by atoms with Crippen molar-refractivity contribution in [2.24, 2.45) is 0 Å². The molecule has 3 aromatic rings. The number of aromatic nitrogens is 2. The summed E-state index contributed by atoms with van der Waals surface area (Å²) in [5.41, 5.74) is 8.25. The number of hydrogen-bond acceptors (Lipinski definition) is 5. The summed E-state index contributed by atoms with van der Waals surface area (Å²) in [7, 11) is 0. The lowest BCUT2D eigenvalue weighted by Gasteiger charge is -2.21. The van der Waals surface area contributed by atoms with Crippen LogP contribution in [0.1, 0.15) is 22.8 Å². The zero-order valence-electron chi connectivity index (χ0n) is 12.2. The highest BCUT2D eigenvalue weighted by atomic mass is 32.1. The normalized spacial score (nSPS) is 10.8. The molecule has 22 heavy (non-hydrogen) atoms. The van der Waals surface area contributed by atoms with Crippen LogP contribution in [0.2, 0.25) is 0 Å². The van der Waals surface area contributed by atoms with Crippen LogP contribution in [-0.2, 0) is 6.54 Å². The van der Waals surface area contributed by atoms with Crippen LogP contribution in [0.4, 0.5) is 5.13 Å². The topological polar surface area (TPSA) is 72.1 Å². The number of benzene rings is 1. The molecule has 1 amide bonds. The molecule has 0 bridgehead atoms. The van der Waals surface area contributed by atoms with Crippen LogP contribution >= 0.6 is 11.3 Å². The molecule has 2 aromatic heterocycles. The highest BCUT2D eigenvalue weighted by Gasteiger charge is 2.18. The predicted molar refractivity (Wildman–Crippen MR) is 88.7 cm³/mol. The lowest BCUT2D eigenvalue weighted by molar-refractivity contribution is 0.0754. The Bertz CT molecular complexity index is 800. The maximum absolute atomic E-state index is 12.9. The number of anilines is 1. The van der Waals surface area contributed by atoms with Gasteiger partial charge in [-0.3, -0.25) is 9.78 Å². The fraction of sp³-hybridized carbons (Fsp3) is 0.188. The number of hydrogen-bond donors (Lipinski definition) is 1. The van der Waals surface area contributed by atoms with E-state index in [9.17, 15) is 4.79 Å². The number of pyridine rings is 1. The molecule has 2 heterocycles. The highest BCUT2D eigenvalue weighted by molar-refractivity contribution is 7.22. The SMILES string of the molecule is CCN(Cc1ccncc1)C(=O)c1cccc2nc(N)sc12. The smallest absolute Gasteiger partial charge is 0.255 e. The summed E-state index contributed by atoms with van der Waals surface area (Å²) in [6.45, 7) is 3.16. The van der Waals surface area contributed by atoms with E-state index in [1.54, 1.807) is 17.3 Å². The van der Waals surface area contributed by atoms with E-state index in [2.05, 4.69) is 9.97 Å². The van der Waals surface area contributed by atoms with Crippen molar-refractivity contribution in [2.45, 2.75) is 13.5 Å². The zero-order chi connectivity index (χ0) is 15.5. The molecular formula is C16H16N4OS. The molecule has 0 unspecified atom stereocenters.